The van der Waals surface area contributed by atoms with Crippen molar-refractivity contribution in [2.24, 2.45) is 5.10 Å². The molecule has 20 heavy (non-hydrogen) atoms. The van der Waals surface area contributed by atoms with E-state index in [0.717, 1.165) is 10.4 Å². The van der Waals surface area contributed by atoms with Crippen LogP contribution < -0.4 is 10.7 Å². The van der Waals surface area contributed by atoms with Crippen LogP contribution >= 0.6 is 11.3 Å². The number of furan rings is 1. The maximum Gasteiger partial charge on any atom is 0.329 e. The molecule has 0 atom stereocenters. The summed E-state index contributed by atoms with van der Waals surface area (Å²) in [5, 5.41) is 8.09. The van der Waals surface area contributed by atoms with E-state index in [0.29, 0.717) is 5.76 Å². The number of hydrogen-bond donors (Lipinski definition) is 2. The molecule has 0 aliphatic rings. The number of nitrogens with one attached hydrogen (secondary N) is 2. The molecule has 2 aromatic rings. The van der Waals surface area contributed by atoms with Gasteiger partial charge >= 0.3 is 11.8 Å². The van der Waals surface area contributed by atoms with Gasteiger partial charge in [0, 0.05) is 4.88 Å². The van der Waals surface area contributed by atoms with Gasteiger partial charge in [-0.25, -0.2) is 5.43 Å². The van der Waals surface area contributed by atoms with Crippen molar-refractivity contribution in [1.82, 2.24) is 10.7 Å². The lowest BCUT2D eigenvalue weighted by atomic mass is 10.3. The first-order chi connectivity index (χ1) is 9.66. The lowest BCUT2D eigenvalue weighted by Crippen LogP contribution is -2.37. The van der Waals surface area contributed by atoms with Gasteiger partial charge in [0.15, 0.2) is 0 Å². The second kappa shape index (κ2) is 6.67. The molecule has 0 radical (unpaired) electrons. The third kappa shape index (κ3) is 3.79. The van der Waals surface area contributed by atoms with Crippen molar-refractivity contribution >= 4 is 29.4 Å². The molecule has 0 saturated carbocycles. The minimum Gasteiger partial charge on any atom is -0.467 e. The molecule has 0 aliphatic carbocycles. The Morgan fingerprint density at radius 2 is 2.25 bits per heavy atom. The van der Waals surface area contributed by atoms with Gasteiger partial charge in [-0.05, 0) is 36.1 Å². The highest BCUT2D eigenvalue weighted by atomic mass is 32.1. The summed E-state index contributed by atoms with van der Waals surface area (Å²) in [5.74, 6) is -1.01. The SMILES string of the molecule is Cc1ccsc1/C=N/NC(=O)C(=O)NCc1ccco1. The highest BCUT2D eigenvalue weighted by Crippen LogP contribution is 2.12. The fourth-order valence-electron chi connectivity index (χ4n) is 1.38. The van der Waals surface area contributed by atoms with Gasteiger partial charge in [-0.2, -0.15) is 5.10 Å². The molecule has 2 rings (SSSR count). The van der Waals surface area contributed by atoms with Crippen LogP contribution in [0.3, 0.4) is 0 Å². The van der Waals surface area contributed by atoms with Crippen LogP contribution in [0.5, 0.6) is 0 Å². The Morgan fingerprint density at radius 1 is 1.40 bits per heavy atom. The molecule has 0 saturated heterocycles. The number of carbonyl (C=O) groups excluding carboxylic acids is 2. The minimum atomic E-state index is -0.818. The summed E-state index contributed by atoms with van der Waals surface area (Å²) in [6.45, 7) is 2.10. The van der Waals surface area contributed by atoms with E-state index in [1.165, 1.54) is 23.8 Å². The Morgan fingerprint density at radius 3 is 2.90 bits per heavy atom. The van der Waals surface area contributed by atoms with Gasteiger partial charge in [-0.15, -0.1) is 11.3 Å². The molecule has 7 heteroatoms. The van der Waals surface area contributed by atoms with E-state index in [4.69, 9.17) is 4.42 Å². The first-order valence-corrected chi connectivity index (χ1v) is 6.72. The maximum absolute atomic E-state index is 11.5. The number of hydrazone groups is 1. The van der Waals surface area contributed by atoms with Crippen molar-refractivity contribution in [3.8, 4) is 0 Å². The van der Waals surface area contributed by atoms with Crippen molar-refractivity contribution in [2.45, 2.75) is 13.5 Å². The van der Waals surface area contributed by atoms with E-state index >= 15 is 0 Å². The summed E-state index contributed by atoms with van der Waals surface area (Å²) in [5.41, 5.74) is 3.24. The second-order valence-electron chi connectivity index (χ2n) is 3.93. The van der Waals surface area contributed by atoms with Gasteiger partial charge in [0.2, 0.25) is 0 Å². The van der Waals surface area contributed by atoms with E-state index in [2.05, 4.69) is 15.8 Å². The summed E-state index contributed by atoms with van der Waals surface area (Å²) in [6, 6.07) is 5.36. The topological polar surface area (TPSA) is 83.7 Å². The number of thiophene rings is 1. The Hall–Kier alpha value is -2.41. The minimum absolute atomic E-state index is 0.160. The standard InChI is InChI=1S/C13H13N3O3S/c1-9-4-6-20-11(9)8-15-16-13(18)12(17)14-7-10-3-2-5-19-10/h2-6,8H,7H2,1H3,(H,14,17)(H,16,18)/b15-8+. The normalized spacial score (nSPS) is 10.7. The number of amides is 2. The zero-order valence-electron chi connectivity index (χ0n) is 10.8. The number of carbonyl (C=O) groups is 2. The number of hydrogen-bond acceptors (Lipinski definition) is 5. The second-order valence-corrected chi connectivity index (χ2v) is 4.88. The molecule has 2 amide bonds. The van der Waals surface area contributed by atoms with E-state index in [1.54, 1.807) is 12.1 Å². The van der Waals surface area contributed by atoms with Crippen LogP contribution in [-0.4, -0.2) is 18.0 Å². The molecule has 0 fully saturated rings. The zero-order chi connectivity index (χ0) is 14.4. The van der Waals surface area contributed by atoms with Gasteiger partial charge < -0.3 is 9.73 Å². The highest BCUT2D eigenvalue weighted by Gasteiger charge is 2.12. The third-order valence-electron chi connectivity index (χ3n) is 2.46. The fraction of sp³-hybridized carbons (Fsp3) is 0.154. The Labute approximate surface area is 119 Å². The Bertz CT molecular complexity index is 617. The summed E-state index contributed by atoms with van der Waals surface area (Å²) in [7, 11) is 0. The summed E-state index contributed by atoms with van der Waals surface area (Å²) < 4.78 is 5.03. The lowest BCUT2D eigenvalue weighted by Gasteiger charge is -2.01. The molecule has 2 heterocycles. The van der Waals surface area contributed by atoms with Crippen LogP contribution in [-0.2, 0) is 16.1 Å². The van der Waals surface area contributed by atoms with Crippen LogP contribution in [0, 0.1) is 6.92 Å². The van der Waals surface area contributed by atoms with E-state index < -0.39 is 11.8 Å². The molecule has 0 unspecified atom stereocenters. The number of nitrogens with zero attached hydrogens (tertiary/aromatic N) is 1. The Balaban J connectivity index is 1.78. The van der Waals surface area contributed by atoms with E-state index in [1.807, 2.05) is 18.4 Å². The van der Waals surface area contributed by atoms with Crippen LogP contribution in [0.1, 0.15) is 16.2 Å². The summed E-state index contributed by atoms with van der Waals surface area (Å²) in [4.78, 5) is 23.8. The van der Waals surface area contributed by atoms with Crippen LogP contribution in [0.2, 0.25) is 0 Å². The van der Waals surface area contributed by atoms with Crippen molar-refractivity contribution in [1.29, 1.82) is 0 Å². The van der Waals surface area contributed by atoms with Crippen molar-refractivity contribution in [3.63, 3.8) is 0 Å². The predicted octanol–water partition coefficient (Wildman–Crippen LogP) is 1.42. The van der Waals surface area contributed by atoms with Gasteiger partial charge in [0.1, 0.15) is 5.76 Å². The predicted molar refractivity (Wildman–Crippen MR) is 75.3 cm³/mol. The van der Waals surface area contributed by atoms with Gasteiger partial charge in [0.25, 0.3) is 0 Å². The third-order valence-corrected chi connectivity index (χ3v) is 3.41. The first-order valence-electron chi connectivity index (χ1n) is 5.84. The van der Waals surface area contributed by atoms with Gasteiger partial charge in [-0.3, -0.25) is 9.59 Å². The fourth-order valence-corrected chi connectivity index (χ4v) is 2.16. The smallest absolute Gasteiger partial charge is 0.329 e. The molecule has 0 spiro atoms. The van der Waals surface area contributed by atoms with Crippen molar-refractivity contribution < 1.29 is 14.0 Å². The molecule has 0 aliphatic heterocycles. The molecule has 0 aromatic carbocycles. The van der Waals surface area contributed by atoms with Crippen LogP contribution in [0.25, 0.3) is 0 Å². The van der Waals surface area contributed by atoms with Gasteiger partial charge in [0.05, 0.1) is 19.0 Å². The maximum atomic E-state index is 11.5. The molecular weight excluding hydrogens is 278 g/mol. The van der Waals surface area contributed by atoms with Crippen LogP contribution in [0.4, 0.5) is 0 Å². The Kier molecular flexibility index (Phi) is 4.67. The lowest BCUT2D eigenvalue weighted by molar-refractivity contribution is -0.139. The number of rotatable bonds is 4. The average molecular weight is 291 g/mol. The molecule has 104 valence electrons. The largest absolute Gasteiger partial charge is 0.467 e. The molecule has 0 bridgehead atoms. The summed E-state index contributed by atoms with van der Waals surface area (Å²) in [6.07, 6.45) is 3.01. The van der Waals surface area contributed by atoms with E-state index in [9.17, 15) is 9.59 Å². The van der Waals surface area contributed by atoms with Gasteiger partial charge in [-0.1, -0.05) is 0 Å². The van der Waals surface area contributed by atoms with Crippen molar-refractivity contribution in [2.75, 3.05) is 0 Å². The van der Waals surface area contributed by atoms with E-state index in [-0.39, 0.29) is 6.54 Å². The average Bonchev–Trinajstić information content (AvgIpc) is 3.08. The van der Waals surface area contributed by atoms with Crippen LogP contribution in [0.15, 0.2) is 39.4 Å². The number of aryl methyl sites for hydroxylation is 1. The monoisotopic (exact) mass is 291 g/mol. The first kappa shape index (κ1) is 14.0. The zero-order valence-corrected chi connectivity index (χ0v) is 11.6. The molecule has 2 aromatic heterocycles. The molecule has 6 nitrogen and oxygen atoms in total. The summed E-state index contributed by atoms with van der Waals surface area (Å²) >= 11 is 1.50. The van der Waals surface area contributed by atoms with Crippen molar-refractivity contribution in [3.05, 3.63) is 46.0 Å². The quantitative estimate of drug-likeness (QED) is 0.507. The molecule has 2 N–H and O–H groups in total. The highest BCUT2D eigenvalue weighted by molar-refractivity contribution is 7.11. The molecular formula is C13H13N3O3S.